The molecule has 9 heteroatoms. The number of halogens is 4. The van der Waals surface area contributed by atoms with Crippen molar-refractivity contribution in [2.24, 2.45) is 0 Å². The number of carbonyl (C=O) groups is 1. The van der Waals surface area contributed by atoms with E-state index in [1.807, 2.05) is 0 Å². The zero-order chi connectivity index (χ0) is 19.4. The Kier molecular flexibility index (Phi) is 5.66. The minimum atomic E-state index is -2.99. The highest BCUT2D eigenvalue weighted by Gasteiger charge is 2.14. The Bertz CT molecular complexity index is 963. The molecule has 2 aromatic carbocycles. The molecule has 0 radical (unpaired) electrons. The van der Waals surface area contributed by atoms with Gasteiger partial charge in [0.25, 0.3) is 5.91 Å². The standard InChI is InChI=1S/C18H13ClF3N3O2/c19-14-10-25(9-12-4-1-2-7-15(12)20)24-16(14)23-17(26)11-5-3-6-13(8-11)27-18(21)22/h1-8,10,18H,9H2,(H,23,24,26). The summed E-state index contributed by atoms with van der Waals surface area (Å²) in [4.78, 5) is 12.3. The quantitative estimate of drug-likeness (QED) is 0.664. The lowest BCUT2D eigenvalue weighted by Gasteiger charge is -2.07. The van der Waals surface area contributed by atoms with E-state index in [0.29, 0.717) is 5.56 Å². The lowest BCUT2D eigenvalue weighted by Crippen LogP contribution is -2.13. The van der Waals surface area contributed by atoms with E-state index in [2.05, 4.69) is 15.2 Å². The van der Waals surface area contributed by atoms with Crippen LogP contribution < -0.4 is 10.1 Å². The summed E-state index contributed by atoms with van der Waals surface area (Å²) in [7, 11) is 0. The summed E-state index contributed by atoms with van der Waals surface area (Å²) in [5.74, 6) is -1.06. The molecule has 1 amide bonds. The van der Waals surface area contributed by atoms with Crippen LogP contribution in [-0.2, 0) is 6.54 Å². The first-order chi connectivity index (χ1) is 12.9. The molecule has 1 aromatic heterocycles. The number of ether oxygens (including phenoxy) is 1. The Labute approximate surface area is 157 Å². The third-order valence-corrected chi connectivity index (χ3v) is 3.84. The molecule has 5 nitrogen and oxygen atoms in total. The minimum absolute atomic E-state index is 0.0678. The number of anilines is 1. The highest BCUT2D eigenvalue weighted by molar-refractivity contribution is 6.33. The predicted molar refractivity (Wildman–Crippen MR) is 93.8 cm³/mol. The van der Waals surface area contributed by atoms with Crippen molar-refractivity contribution in [3.05, 3.63) is 76.7 Å². The van der Waals surface area contributed by atoms with Crippen molar-refractivity contribution < 1.29 is 22.7 Å². The minimum Gasteiger partial charge on any atom is -0.435 e. The van der Waals surface area contributed by atoms with Crippen LogP contribution in [-0.4, -0.2) is 22.3 Å². The van der Waals surface area contributed by atoms with Crippen molar-refractivity contribution in [1.82, 2.24) is 9.78 Å². The molecule has 0 saturated carbocycles. The van der Waals surface area contributed by atoms with E-state index in [-0.39, 0.29) is 34.5 Å². The van der Waals surface area contributed by atoms with Gasteiger partial charge in [-0.2, -0.15) is 13.9 Å². The molecule has 0 saturated heterocycles. The van der Waals surface area contributed by atoms with Crippen LogP contribution in [0.4, 0.5) is 19.0 Å². The largest absolute Gasteiger partial charge is 0.435 e. The second kappa shape index (κ2) is 8.13. The summed E-state index contributed by atoms with van der Waals surface area (Å²) in [6.45, 7) is -2.87. The Morgan fingerprint density at radius 3 is 2.74 bits per heavy atom. The zero-order valence-corrected chi connectivity index (χ0v) is 14.5. The molecular formula is C18H13ClF3N3O2. The van der Waals surface area contributed by atoms with Gasteiger partial charge in [0.1, 0.15) is 16.6 Å². The highest BCUT2D eigenvalue weighted by atomic mass is 35.5. The second-order valence-electron chi connectivity index (χ2n) is 5.48. The molecule has 0 aliphatic carbocycles. The number of nitrogens with one attached hydrogen (secondary N) is 1. The fourth-order valence-corrected chi connectivity index (χ4v) is 2.55. The third kappa shape index (κ3) is 4.79. The molecule has 0 unspecified atom stereocenters. The monoisotopic (exact) mass is 395 g/mol. The van der Waals surface area contributed by atoms with Crippen LogP contribution in [0.15, 0.2) is 54.7 Å². The van der Waals surface area contributed by atoms with Crippen LogP contribution in [0.1, 0.15) is 15.9 Å². The molecule has 27 heavy (non-hydrogen) atoms. The first-order valence-electron chi connectivity index (χ1n) is 7.75. The summed E-state index contributed by atoms with van der Waals surface area (Å²) in [6.07, 6.45) is 1.44. The van der Waals surface area contributed by atoms with Gasteiger partial charge in [0.15, 0.2) is 5.82 Å². The molecule has 0 aliphatic heterocycles. The van der Waals surface area contributed by atoms with Gasteiger partial charge in [0.2, 0.25) is 0 Å². The smallest absolute Gasteiger partial charge is 0.387 e. The number of hydrogen-bond donors (Lipinski definition) is 1. The van der Waals surface area contributed by atoms with E-state index in [4.69, 9.17) is 11.6 Å². The van der Waals surface area contributed by atoms with Crippen molar-refractivity contribution in [3.63, 3.8) is 0 Å². The maximum atomic E-state index is 13.7. The van der Waals surface area contributed by atoms with Gasteiger partial charge in [0, 0.05) is 17.3 Å². The number of amides is 1. The second-order valence-corrected chi connectivity index (χ2v) is 5.88. The number of rotatable bonds is 6. The van der Waals surface area contributed by atoms with Crippen molar-refractivity contribution in [3.8, 4) is 5.75 Å². The molecule has 1 heterocycles. The van der Waals surface area contributed by atoms with Crippen molar-refractivity contribution in [1.29, 1.82) is 0 Å². The highest BCUT2D eigenvalue weighted by Crippen LogP contribution is 2.22. The molecule has 140 valence electrons. The molecular weight excluding hydrogens is 383 g/mol. The maximum Gasteiger partial charge on any atom is 0.387 e. The van der Waals surface area contributed by atoms with Crippen molar-refractivity contribution in [2.75, 3.05) is 5.32 Å². The predicted octanol–water partition coefficient (Wildman–Crippen LogP) is 4.58. The molecule has 0 bridgehead atoms. The van der Waals surface area contributed by atoms with Gasteiger partial charge in [-0.05, 0) is 24.3 Å². The van der Waals surface area contributed by atoms with E-state index >= 15 is 0 Å². The van der Waals surface area contributed by atoms with Gasteiger partial charge in [-0.15, -0.1) is 0 Å². The molecule has 0 fully saturated rings. The molecule has 3 aromatic rings. The summed E-state index contributed by atoms with van der Waals surface area (Å²) >= 11 is 6.07. The lowest BCUT2D eigenvalue weighted by atomic mass is 10.2. The van der Waals surface area contributed by atoms with Gasteiger partial charge in [0.05, 0.1) is 6.54 Å². The van der Waals surface area contributed by atoms with Gasteiger partial charge < -0.3 is 10.1 Å². The van der Waals surface area contributed by atoms with E-state index in [1.54, 1.807) is 18.2 Å². The SMILES string of the molecule is O=C(Nc1nn(Cc2ccccc2F)cc1Cl)c1cccc(OC(F)F)c1. The Morgan fingerprint density at radius 2 is 2.00 bits per heavy atom. The molecule has 3 rings (SSSR count). The van der Waals surface area contributed by atoms with Crippen LogP contribution in [0.5, 0.6) is 5.75 Å². The summed E-state index contributed by atoms with van der Waals surface area (Å²) < 4.78 is 43.9. The van der Waals surface area contributed by atoms with E-state index < -0.39 is 12.5 Å². The van der Waals surface area contributed by atoms with Gasteiger partial charge in [-0.25, -0.2) is 4.39 Å². The lowest BCUT2D eigenvalue weighted by molar-refractivity contribution is -0.0498. The molecule has 0 spiro atoms. The van der Waals surface area contributed by atoms with Crippen LogP contribution in [0.25, 0.3) is 0 Å². The Morgan fingerprint density at radius 1 is 1.22 bits per heavy atom. The topological polar surface area (TPSA) is 56.2 Å². The zero-order valence-electron chi connectivity index (χ0n) is 13.7. The number of carbonyl (C=O) groups excluding carboxylic acids is 1. The average Bonchev–Trinajstić information content (AvgIpc) is 2.96. The van der Waals surface area contributed by atoms with E-state index in [1.165, 1.54) is 41.2 Å². The fourth-order valence-electron chi connectivity index (χ4n) is 2.36. The molecule has 0 aliphatic rings. The maximum absolute atomic E-state index is 13.7. The van der Waals surface area contributed by atoms with E-state index in [0.717, 1.165) is 0 Å². The third-order valence-electron chi connectivity index (χ3n) is 3.56. The van der Waals surface area contributed by atoms with Crippen molar-refractivity contribution in [2.45, 2.75) is 13.2 Å². The number of hydrogen-bond acceptors (Lipinski definition) is 3. The van der Waals surface area contributed by atoms with Crippen molar-refractivity contribution >= 4 is 23.3 Å². The van der Waals surface area contributed by atoms with Crippen LogP contribution >= 0.6 is 11.6 Å². The first kappa shape index (κ1) is 18.8. The Hall–Kier alpha value is -3.00. The van der Waals surface area contributed by atoms with Crippen LogP contribution in [0, 0.1) is 5.82 Å². The Balaban J connectivity index is 1.73. The summed E-state index contributed by atoms with van der Waals surface area (Å²) in [5, 5.41) is 6.76. The normalized spacial score (nSPS) is 10.9. The first-order valence-corrected chi connectivity index (χ1v) is 8.13. The van der Waals surface area contributed by atoms with Crippen LogP contribution in [0.2, 0.25) is 5.02 Å². The summed E-state index contributed by atoms with van der Waals surface area (Å²) in [5.41, 5.74) is 0.499. The number of alkyl halides is 2. The average molecular weight is 396 g/mol. The van der Waals surface area contributed by atoms with Gasteiger partial charge in [-0.3, -0.25) is 9.48 Å². The number of aromatic nitrogens is 2. The van der Waals surface area contributed by atoms with Gasteiger partial charge in [-0.1, -0.05) is 35.9 Å². The van der Waals surface area contributed by atoms with Gasteiger partial charge >= 0.3 is 6.61 Å². The van der Waals surface area contributed by atoms with Crippen LogP contribution in [0.3, 0.4) is 0 Å². The summed E-state index contributed by atoms with van der Waals surface area (Å²) in [6, 6.07) is 11.5. The number of nitrogens with zero attached hydrogens (tertiary/aromatic N) is 2. The fraction of sp³-hybridized carbons (Fsp3) is 0.111. The molecule has 1 N–H and O–H groups in total. The number of benzene rings is 2. The molecule has 0 atom stereocenters. The van der Waals surface area contributed by atoms with E-state index in [9.17, 15) is 18.0 Å².